The van der Waals surface area contributed by atoms with Crippen molar-refractivity contribution in [1.29, 1.82) is 0 Å². The van der Waals surface area contributed by atoms with Crippen molar-refractivity contribution in [2.45, 2.75) is 39.3 Å². The zero-order chi connectivity index (χ0) is 17.0. The minimum absolute atomic E-state index is 0.199. The zero-order valence-corrected chi connectivity index (χ0v) is 13.5. The van der Waals surface area contributed by atoms with Crippen LogP contribution < -0.4 is 5.73 Å². The first kappa shape index (κ1) is 17.9. The molecular weight excluding hydrogens is 288 g/mol. The number of nitrogens with zero attached hydrogens (tertiary/aromatic N) is 1. The van der Waals surface area contributed by atoms with Crippen molar-refractivity contribution in [3.05, 3.63) is 22.9 Å². The Bertz CT molecular complexity index is 546. The molecule has 0 radical (unpaired) electrons. The van der Waals surface area contributed by atoms with Crippen molar-refractivity contribution in [3.63, 3.8) is 0 Å². The van der Waals surface area contributed by atoms with Gasteiger partial charge in [0.25, 0.3) is 0 Å². The largest absolute Gasteiger partial charge is 0.466 e. The zero-order valence-electron chi connectivity index (χ0n) is 13.5. The van der Waals surface area contributed by atoms with E-state index in [0.717, 1.165) is 0 Å². The van der Waals surface area contributed by atoms with E-state index >= 15 is 0 Å². The van der Waals surface area contributed by atoms with E-state index in [9.17, 15) is 14.4 Å². The number of ether oxygens (including phenoxy) is 2. The molecule has 0 aromatic rings. The van der Waals surface area contributed by atoms with Crippen LogP contribution in [0.4, 0.5) is 0 Å². The summed E-state index contributed by atoms with van der Waals surface area (Å²) in [7, 11) is 2.54. The van der Waals surface area contributed by atoms with Gasteiger partial charge in [-0.2, -0.15) is 0 Å². The fourth-order valence-electron chi connectivity index (χ4n) is 2.35. The van der Waals surface area contributed by atoms with E-state index in [0.29, 0.717) is 17.6 Å². The molecule has 1 aliphatic rings. The number of amides is 1. The summed E-state index contributed by atoms with van der Waals surface area (Å²) in [4.78, 5) is 36.5. The van der Waals surface area contributed by atoms with Crippen LogP contribution in [0.15, 0.2) is 22.9 Å². The number of rotatable bonds is 5. The van der Waals surface area contributed by atoms with Gasteiger partial charge in [0.15, 0.2) is 0 Å². The molecule has 2 N–H and O–H groups in total. The van der Waals surface area contributed by atoms with E-state index in [-0.39, 0.29) is 11.6 Å². The number of carbonyl (C=O) groups is 3. The highest BCUT2D eigenvalue weighted by Crippen LogP contribution is 2.30. The molecule has 7 heteroatoms. The van der Waals surface area contributed by atoms with Gasteiger partial charge in [-0.05, 0) is 32.8 Å². The van der Waals surface area contributed by atoms with Crippen molar-refractivity contribution < 1.29 is 23.9 Å². The van der Waals surface area contributed by atoms with E-state index in [2.05, 4.69) is 4.74 Å². The summed E-state index contributed by atoms with van der Waals surface area (Å²) in [6.45, 7) is 5.18. The Morgan fingerprint density at radius 2 is 1.82 bits per heavy atom. The minimum Gasteiger partial charge on any atom is -0.466 e. The Kier molecular flexibility index (Phi) is 5.87. The maximum atomic E-state index is 12.0. The Hall–Kier alpha value is -2.15. The van der Waals surface area contributed by atoms with Crippen molar-refractivity contribution >= 4 is 17.8 Å². The lowest BCUT2D eigenvalue weighted by Gasteiger charge is -2.46. The van der Waals surface area contributed by atoms with Crippen molar-refractivity contribution in [3.8, 4) is 0 Å². The molecule has 0 aromatic heterocycles. The van der Waals surface area contributed by atoms with Crippen LogP contribution in [0.25, 0.3) is 0 Å². The maximum Gasteiger partial charge on any atom is 0.354 e. The van der Waals surface area contributed by atoms with Gasteiger partial charge >= 0.3 is 11.9 Å². The molecule has 0 bridgehead atoms. The molecule has 0 aliphatic carbocycles. The second-order valence-electron chi connectivity index (χ2n) is 5.36. The summed E-state index contributed by atoms with van der Waals surface area (Å²) in [5.74, 6) is -1.39. The van der Waals surface area contributed by atoms with E-state index in [1.165, 1.54) is 25.2 Å². The Morgan fingerprint density at radius 3 is 2.27 bits per heavy atom. The SMILES string of the molecule is COC(=O)/C=C(\C)C[C@@H]1[C@@H](N)C(=O)N1C(C(=O)OC)=C(C)C. The molecule has 1 amide bonds. The quantitative estimate of drug-likeness (QED) is 0.451. The second kappa shape index (κ2) is 7.22. The topological polar surface area (TPSA) is 98.9 Å². The van der Waals surface area contributed by atoms with Gasteiger partial charge in [-0.15, -0.1) is 0 Å². The fraction of sp³-hybridized carbons (Fsp3) is 0.533. The van der Waals surface area contributed by atoms with Gasteiger partial charge in [0.1, 0.15) is 11.7 Å². The molecule has 2 atom stereocenters. The average molecular weight is 310 g/mol. The fourth-order valence-corrected chi connectivity index (χ4v) is 2.35. The lowest BCUT2D eigenvalue weighted by molar-refractivity contribution is -0.152. The minimum atomic E-state index is -0.708. The molecule has 0 aromatic carbocycles. The van der Waals surface area contributed by atoms with Crippen molar-refractivity contribution in [2.75, 3.05) is 14.2 Å². The van der Waals surface area contributed by atoms with Crippen LogP contribution in [-0.2, 0) is 23.9 Å². The number of esters is 2. The van der Waals surface area contributed by atoms with Crippen LogP contribution in [0.5, 0.6) is 0 Å². The Balaban J connectivity index is 3.02. The monoisotopic (exact) mass is 310 g/mol. The molecule has 0 saturated carbocycles. The molecule has 1 saturated heterocycles. The molecule has 7 nitrogen and oxygen atoms in total. The molecule has 1 rings (SSSR count). The maximum absolute atomic E-state index is 12.0. The number of nitrogens with two attached hydrogens (primary N) is 1. The number of methoxy groups -OCH3 is 2. The molecule has 0 unspecified atom stereocenters. The summed E-state index contributed by atoms with van der Waals surface area (Å²) < 4.78 is 9.29. The van der Waals surface area contributed by atoms with E-state index in [1.54, 1.807) is 20.8 Å². The third-order valence-corrected chi connectivity index (χ3v) is 3.46. The highest BCUT2D eigenvalue weighted by molar-refractivity contribution is 6.00. The molecule has 1 heterocycles. The number of likely N-dealkylation sites (tertiary alicyclic amines) is 1. The average Bonchev–Trinajstić information content (AvgIpc) is 2.48. The predicted molar refractivity (Wildman–Crippen MR) is 79.4 cm³/mol. The van der Waals surface area contributed by atoms with Gasteiger partial charge in [-0.25, -0.2) is 9.59 Å². The van der Waals surface area contributed by atoms with Crippen LogP contribution in [0.1, 0.15) is 27.2 Å². The van der Waals surface area contributed by atoms with Crippen LogP contribution in [0.2, 0.25) is 0 Å². The molecule has 1 fully saturated rings. The van der Waals surface area contributed by atoms with Crippen molar-refractivity contribution in [2.24, 2.45) is 5.73 Å². The number of allylic oxidation sites excluding steroid dienone is 1. The summed E-state index contributed by atoms with van der Waals surface area (Å²) in [6, 6.07) is -1.10. The molecular formula is C15H22N2O5. The standard InChI is InChI=1S/C15H22N2O5/c1-8(2)13(15(20)22-5)17-10(12(16)14(17)19)6-9(3)7-11(18)21-4/h7,10,12H,6,16H2,1-5H3/b9-7+/t10-,12-/m1/s1. The third-order valence-electron chi connectivity index (χ3n) is 3.46. The Labute approximate surface area is 129 Å². The first-order chi connectivity index (χ1) is 10.2. The van der Waals surface area contributed by atoms with Crippen LogP contribution >= 0.6 is 0 Å². The van der Waals surface area contributed by atoms with Gasteiger partial charge in [0, 0.05) is 6.08 Å². The van der Waals surface area contributed by atoms with Gasteiger partial charge in [-0.3, -0.25) is 9.69 Å². The number of hydrogen-bond donors (Lipinski definition) is 1. The smallest absolute Gasteiger partial charge is 0.354 e. The molecule has 22 heavy (non-hydrogen) atoms. The highest BCUT2D eigenvalue weighted by Gasteiger charge is 2.48. The lowest BCUT2D eigenvalue weighted by Crippen LogP contribution is -2.68. The predicted octanol–water partition coefficient (Wildman–Crippen LogP) is 0.501. The summed E-state index contributed by atoms with van der Waals surface area (Å²) >= 11 is 0. The van der Waals surface area contributed by atoms with E-state index in [4.69, 9.17) is 10.5 Å². The van der Waals surface area contributed by atoms with Gasteiger partial charge in [0.2, 0.25) is 5.91 Å². The normalized spacial score (nSPS) is 21.1. The summed E-state index contributed by atoms with van der Waals surface area (Å²) in [5.41, 5.74) is 7.41. The van der Waals surface area contributed by atoms with E-state index in [1.807, 2.05) is 0 Å². The Morgan fingerprint density at radius 1 is 1.23 bits per heavy atom. The molecule has 122 valence electrons. The first-order valence-corrected chi connectivity index (χ1v) is 6.84. The van der Waals surface area contributed by atoms with Crippen molar-refractivity contribution in [1.82, 2.24) is 4.90 Å². The summed E-state index contributed by atoms with van der Waals surface area (Å²) in [5, 5.41) is 0. The second-order valence-corrected chi connectivity index (χ2v) is 5.36. The molecule has 1 aliphatic heterocycles. The van der Waals surface area contributed by atoms with E-state index < -0.39 is 24.0 Å². The van der Waals surface area contributed by atoms with Crippen LogP contribution in [-0.4, -0.2) is 49.0 Å². The molecule has 0 spiro atoms. The van der Waals surface area contributed by atoms with Gasteiger partial charge in [0.05, 0.1) is 20.3 Å². The number of carbonyl (C=O) groups excluding carboxylic acids is 3. The number of β-lactam (4-membered cyclic amide) rings is 1. The third kappa shape index (κ3) is 3.54. The van der Waals surface area contributed by atoms with Crippen LogP contribution in [0.3, 0.4) is 0 Å². The summed E-state index contributed by atoms with van der Waals surface area (Å²) in [6.07, 6.45) is 1.71. The van der Waals surface area contributed by atoms with Crippen LogP contribution in [0, 0.1) is 0 Å². The lowest BCUT2D eigenvalue weighted by atomic mass is 9.88. The number of hydrogen-bond acceptors (Lipinski definition) is 6. The van der Waals surface area contributed by atoms with Gasteiger partial charge in [-0.1, -0.05) is 5.57 Å². The first-order valence-electron chi connectivity index (χ1n) is 6.84. The van der Waals surface area contributed by atoms with Gasteiger partial charge < -0.3 is 15.2 Å². The highest BCUT2D eigenvalue weighted by atomic mass is 16.5.